The summed E-state index contributed by atoms with van der Waals surface area (Å²) in [5.74, 6) is -0.557. The van der Waals surface area contributed by atoms with Gasteiger partial charge in [0.15, 0.2) is 0 Å². The highest BCUT2D eigenvalue weighted by molar-refractivity contribution is 5.78. The number of β-amino-alcohol motifs (C(OH)–C–C–N with tert-alkyl or cyclic N) is 1. The lowest BCUT2D eigenvalue weighted by atomic mass is 10.00. The van der Waals surface area contributed by atoms with E-state index in [2.05, 4.69) is 10.2 Å². The first-order valence-corrected chi connectivity index (χ1v) is 8.55. The van der Waals surface area contributed by atoms with E-state index in [1.54, 1.807) is 18.2 Å². The lowest BCUT2D eigenvalue weighted by molar-refractivity contribution is -0.125. The lowest BCUT2D eigenvalue weighted by Crippen LogP contribution is -2.45. The molecule has 24 heavy (non-hydrogen) atoms. The predicted octanol–water partition coefficient (Wildman–Crippen LogP) is 1.20. The number of rotatable bonds is 8. The first-order chi connectivity index (χ1) is 11.6. The summed E-state index contributed by atoms with van der Waals surface area (Å²) in [4.78, 5) is 14.2. The molecule has 0 saturated carbocycles. The monoisotopic (exact) mass is 338 g/mol. The number of aliphatic hydroxyl groups is 1. The average Bonchev–Trinajstić information content (AvgIpc) is 2.59. The Morgan fingerprint density at radius 1 is 1.38 bits per heavy atom. The number of nitrogens with one attached hydrogen (secondary N) is 1. The Labute approximate surface area is 142 Å². The smallest absolute Gasteiger partial charge is 0.222 e. The normalized spacial score (nSPS) is 18.1. The number of benzene rings is 1. The first-order valence-electron chi connectivity index (χ1n) is 8.55. The Bertz CT molecular complexity index is 521. The predicted molar refractivity (Wildman–Crippen MR) is 90.2 cm³/mol. The van der Waals surface area contributed by atoms with Crippen LogP contribution in [0.2, 0.25) is 0 Å². The zero-order valence-electron chi connectivity index (χ0n) is 14.2. The van der Waals surface area contributed by atoms with Crippen molar-refractivity contribution in [3.63, 3.8) is 0 Å². The van der Waals surface area contributed by atoms with Crippen LogP contribution in [-0.4, -0.2) is 61.4 Å². The molecule has 0 radical (unpaired) electrons. The summed E-state index contributed by atoms with van der Waals surface area (Å²) in [7, 11) is 0. The largest absolute Gasteiger partial charge is 0.390 e. The molecule has 134 valence electrons. The molecule has 1 aromatic carbocycles. The molecule has 0 aromatic heterocycles. The summed E-state index contributed by atoms with van der Waals surface area (Å²) in [6.45, 7) is 5.59. The molecule has 2 rings (SSSR count). The van der Waals surface area contributed by atoms with E-state index in [9.17, 15) is 14.3 Å². The van der Waals surface area contributed by atoms with Crippen molar-refractivity contribution >= 4 is 5.91 Å². The molecular weight excluding hydrogens is 311 g/mol. The Morgan fingerprint density at radius 3 is 2.79 bits per heavy atom. The molecule has 2 unspecified atom stereocenters. The minimum atomic E-state index is -0.592. The standard InChI is InChI=1S/C18H27FN2O3/c1-14(6-7-15-4-2-3-5-17(15)19)18(23)20-12-16(22)13-21-8-10-24-11-9-21/h2-5,14,16,22H,6-13H2,1H3,(H,20,23). The molecule has 1 amide bonds. The molecule has 2 N–H and O–H groups in total. The third kappa shape index (κ3) is 6.19. The molecule has 5 nitrogen and oxygen atoms in total. The molecule has 1 aromatic rings. The number of halogens is 1. The van der Waals surface area contributed by atoms with Gasteiger partial charge in [-0.1, -0.05) is 25.1 Å². The Morgan fingerprint density at radius 2 is 2.08 bits per heavy atom. The molecule has 1 aliphatic heterocycles. The Balaban J connectivity index is 1.66. The Hall–Kier alpha value is -1.50. The quantitative estimate of drug-likeness (QED) is 0.748. The molecule has 1 aliphatic rings. The van der Waals surface area contributed by atoms with E-state index in [1.807, 2.05) is 6.92 Å². The summed E-state index contributed by atoms with van der Waals surface area (Å²) in [5.41, 5.74) is 0.629. The summed E-state index contributed by atoms with van der Waals surface area (Å²) in [6.07, 6.45) is 0.509. The highest BCUT2D eigenvalue weighted by Gasteiger charge is 2.18. The van der Waals surface area contributed by atoms with E-state index in [0.717, 1.165) is 13.1 Å². The van der Waals surface area contributed by atoms with Gasteiger partial charge in [-0.25, -0.2) is 4.39 Å². The topological polar surface area (TPSA) is 61.8 Å². The van der Waals surface area contributed by atoms with Crippen LogP contribution in [0.5, 0.6) is 0 Å². The number of morpholine rings is 1. The summed E-state index contributed by atoms with van der Waals surface area (Å²) >= 11 is 0. The van der Waals surface area contributed by atoms with Crippen LogP contribution in [0, 0.1) is 11.7 Å². The molecule has 6 heteroatoms. The molecule has 2 atom stereocenters. The van der Waals surface area contributed by atoms with E-state index < -0.39 is 6.10 Å². The van der Waals surface area contributed by atoms with Crippen molar-refractivity contribution in [3.8, 4) is 0 Å². The van der Waals surface area contributed by atoms with Gasteiger partial charge in [0.05, 0.1) is 19.3 Å². The maximum atomic E-state index is 13.6. The number of ether oxygens (including phenoxy) is 1. The van der Waals surface area contributed by atoms with E-state index in [0.29, 0.717) is 38.2 Å². The number of nitrogens with zero attached hydrogens (tertiary/aromatic N) is 1. The second-order valence-electron chi connectivity index (χ2n) is 6.34. The van der Waals surface area contributed by atoms with Crippen LogP contribution in [0.1, 0.15) is 18.9 Å². The molecule has 0 spiro atoms. The molecule has 1 fully saturated rings. The average molecular weight is 338 g/mol. The van der Waals surface area contributed by atoms with Crippen LogP contribution in [-0.2, 0) is 16.0 Å². The van der Waals surface area contributed by atoms with Crippen molar-refractivity contribution in [1.82, 2.24) is 10.2 Å². The number of carbonyl (C=O) groups excluding carboxylic acids is 1. The minimum Gasteiger partial charge on any atom is -0.390 e. The third-order valence-electron chi connectivity index (χ3n) is 4.34. The van der Waals surface area contributed by atoms with Crippen molar-refractivity contribution in [3.05, 3.63) is 35.6 Å². The van der Waals surface area contributed by atoms with Crippen LogP contribution in [0.4, 0.5) is 4.39 Å². The van der Waals surface area contributed by atoms with Crippen molar-refractivity contribution < 1.29 is 19.0 Å². The number of aliphatic hydroxyl groups excluding tert-OH is 1. The van der Waals surface area contributed by atoms with Crippen LogP contribution < -0.4 is 5.32 Å². The first kappa shape index (κ1) is 18.8. The highest BCUT2D eigenvalue weighted by Crippen LogP contribution is 2.13. The van der Waals surface area contributed by atoms with Gasteiger partial charge in [0.1, 0.15) is 5.82 Å². The fourth-order valence-corrected chi connectivity index (χ4v) is 2.74. The van der Waals surface area contributed by atoms with E-state index >= 15 is 0 Å². The maximum Gasteiger partial charge on any atom is 0.222 e. The van der Waals surface area contributed by atoms with Gasteiger partial charge in [-0.2, -0.15) is 0 Å². The van der Waals surface area contributed by atoms with Crippen molar-refractivity contribution in [2.45, 2.75) is 25.9 Å². The van der Waals surface area contributed by atoms with Gasteiger partial charge in [-0.15, -0.1) is 0 Å². The van der Waals surface area contributed by atoms with Crippen LogP contribution in [0.3, 0.4) is 0 Å². The molecule has 0 bridgehead atoms. The zero-order chi connectivity index (χ0) is 17.4. The van der Waals surface area contributed by atoms with Gasteiger partial charge in [0.25, 0.3) is 0 Å². The van der Waals surface area contributed by atoms with Crippen molar-refractivity contribution in [2.75, 3.05) is 39.4 Å². The van der Waals surface area contributed by atoms with Crippen LogP contribution in [0.25, 0.3) is 0 Å². The number of aryl methyl sites for hydroxylation is 1. The summed E-state index contributed by atoms with van der Waals surface area (Å²) in [6, 6.07) is 6.63. The van der Waals surface area contributed by atoms with Crippen molar-refractivity contribution in [1.29, 1.82) is 0 Å². The summed E-state index contributed by atoms with van der Waals surface area (Å²) < 4.78 is 18.8. The number of amides is 1. The van der Waals surface area contributed by atoms with Gasteiger partial charge in [-0.3, -0.25) is 9.69 Å². The molecule has 1 saturated heterocycles. The van der Waals surface area contributed by atoms with E-state index in [1.165, 1.54) is 6.07 Å². The molecule has 0 aliphatic carbocycles. The summed E-state index contributed by atoms with van der Waals surface area (Å²) in [5, 5.41) is 12.8. The van der Waals surface area contributed by atoms with Crippen LogP contribution in [0.15, 0.2) is 24.3 Å². The number of carbonyl (C=O) groups is 1. The minimum absolute atomic E-state index is 0.104. The van der Waals surface area contributed by atoms with Crippen molar-refractivity contribution in [2.24, 2.45) is 5.92 Å². The van der Waals surface area contributed by atoms with Gasteiger partial charge in [-0.05, 0) is 24.5 Å². The van der Waals surface area contributed by atoms with Gasteiger partial charge in [0.2, 0.25) is 5.91 Å². The van der Waals surface area contributed by atoms with E-state index in [-0.39, 0.29) is 24.2 Å². The maximum absolute atomic E-state index is 13.6. The highest BCUT2D eigenvalue weighted by atomic mass is 19.1. The zero-order valence-corrected chi connectivity index (χ0v) is 14.2. The lowest BCUT2D eigenvalue weighted by Gasteiger charge is -2.28. The SMILES string of the molecule is CC(CCc1ccccc1F)C(=O)NCC(O)CN1CCOCC1. The van der Waals surface area contributed by atoms with Gasteiger partial charge < -0.3 is 15.2 Å². The van der Waals surface area contributed by atoms with E-state index in [4.69, 9.17) is 4.74 Å². The second-order valence-corrected chi connectivity index (χ2v) is 6.34. The fraction of sp³-hybridized carbons (Fsp3) is 0.611. The Kier molecular flexibility index (Phi) is 7.62. The van der Waals surface area contributed by atoms with Gasteiger partial charge in [0, 0.05) is 32.1 Å². The molecular formula is C18H27FN2O3. The second kappa shape index (κ2) is 9.71. The third-order valence-corrected chi connectivity index (χ3v) is 4.34. The number of hydrogen-bond donors (Lipinski definition) is 2. The van der Waals surface area contributed by atoms with Crippen LogP contribution >= 0.6 is 0 Å². The molecule has 1 heterocycles. The van der Waals surface area contributed by atoms with Gasteiger partial charge >= 0.3 is 0 Å². The fourth-order valence-electron chi connectivity index (χ4n) is 2.74. The number of hydrogen-bond acceptors (Lipinski definition) is 4.